The van der Waals surface area contributed by atoms with E-state index in [1.54, 1.807) is 7.05 Å². The molecule has 0 saturated heterocycles. The standard InChI is InChI=1S/C14H18N2O2/c1-3-12(17)16-11-6-4-10(5-7-11)14(8-9-14)13(18)15-2/h4-7H,3,8-9H2,1-2H3,(H,15,18)(H,16,17). The Bertz CT molecular complexity index is 461. The lowest BCUT2D eigenvalue weighted by Crippen LogP contribution is -2.31. The summed E-state index contributed by atoms with van der Waals surface area (Å²) in [6, 6.07) is 7.55. The van der Waals surface area contributed by atoms with Gasteiger partial charge in [0.05, 0.1) is 5.41 Å². The maximum atomic E-state index is 11.8. The molecule has 2 rings (SSSR count). The topological polar surface area (TPSA) is 58.2 Å². The number of hydrogen-bond acceptors (Lipinski definition) is 2. The van der Waals surface area contributed by atoms with Gasteiger partial charge >= 0.3 is 0 Å². The highest BCUT2D eigenvalue weighted by Crippen LogP contribution is 2.48. The Morgan fingerprint density at radius 3 is 2.28 bits per heavy atom. The Labute approximate surface area is 107 Å². The van der Waals surface area contributed by atoms with E-state index in [2.05, 4.69) is 10.6 Å². The van der Waals surface area contributed by atoms with Gasteiger partial charge in [0.25, 0.3) is 0 Å². The van der Waals surface area contributed by atoms with Gasteiger partial charge in [0.15, 0.2) is 0 Å². The van der Waals surface area contributed by atoms with Gasteiger partial charge in [-0.15, -0.1) is 0 Å². The van der Waals surface area contributed by atoms with Crippen LogP contribution in [0.15, 0.2) is 24.3 Å². The van der Waals surface area contributed by atoms with Gasteiger partial charge in [-0.05, 0) is 30.5 Å². The molecule has 0 aliphatic heterocycles. The molecule has 2 amide bonds. The lowest BCUT2D eigenvalue weighted by Gasteiger charge is -2.14. The molecule has 96 valence electrons. The summed E-state index contributed by atoms with van der Waals surface area (Å²) in [6.45, 7) is 1.81. The summed E-state index contributed by atoms with van der Waals surface area (Å²) in [6.07, 6.45) is 2.25. The Morgan fingerprint density at radius 2 is 1.83 bits per heavy atom. The minimum absolute atomic E-state index is 0.00446. The third kappa shape index (κ3) is 2.23. The highest BCUT2D eigenvalue weighted by Gasteiger charge is 2.50. The molecule has 0 atom stereocenters. The van der Waals surface area contributed by atoms with Gasteiger partial charge in [-0.1, -0.05) is 19.1 Å². The van der Waals surface area contributed by atoms with Gasteiger partial charge in [-0.3, -0.25) is 9.59 Å². The Morgan fingerprint density at radius 1 is 1.22 bits per heavy atom. The van der Waals surface area contributed by atoms with Crippen LogP contribution in [0.3, 0.4) is 0 Å². The normalized spacial score (nSPS) is 15.9. The second kappa shape index (κ2) is 4.80. The summed E-state index contributed by atoms with van der Waals surface area (Å²) in [5, 5.41) is 5.51. The molecule has 2 N–H and O–H groups in total. The fourth-order valence-corrected chi connectivity index (χ4v) is 2.13. The first-order chi connectivity index (χ1) is 8.62. The van der Waals surface area contributed by atoms with Gasteiger partial charge in [-0.25, -0.2) is 0 Å². The SMILES string of the molecule is CCC(=O)Nc1ccc(C2(C(=O)NC)CC2)cc1. The van der Waals surface area contributed by atoms with Crippen LogP contribution in [0.25, 0.3) is 0 Å². The Kier molecular flexibility index (Phi) is 3.36. The van der Waals surface area contributed by atoms with Crippen LogP contribution in [0.2, 0.25) is 0 Å². The van der Waals surface area contributed by atoms with E-state index >= 15 is 0 Å². The molecule has 0 aromatic heterocycles. The van der Waals surface area contributed by atoms with E-state index in [1.807, 2.05) is 31.2 Å². The summed E-state index contributed by atoms with van der Waals surface area (Å²) in [5.74, 6) is 0.0723. The molecule has 0 unspecified atom stereocenters. The summed E-state index contributed by atoms with van der Waals surface area (Å²) < 4.78 is 0. The van der Waals surface area contributed by atoms with Crippen LogP contribution in [-0.4, -0.2) is 18.9 Å². The molecule has 0 bridgehead atoms. The molecule has 1 aromatic rings. The predicted molar refractivity (Wildman–Crippen MR) is 70.3 cm³/mol. The van der Waals surface area contributed by atoms with Crippen molar-refractivity contribution in [1.82, 2.24) is 5.32 Å². The maximum Gasteiger partial charge on any atom is 0.230 e. The van der Waals surface area contributed by atoms with E-state index in [9.17, 15) is 9.59 Å². The molecular weight excluding hydrogens is 228 g/mol. The number of hydrogen-bond donors (Lipinski definition) is 2. The second-order valence-corrected chi connectivity index (χ2v) is 4.64. The van der Waals surface area contributed by atoms with Crippen LogP contribution < -0.4 is 10.6 Å². The number of rotatable bonds is 4. The third-order valence-electron chi connectivity index (χ3n) is 3.45. The van der Waals surface area contributed by atoms with Crippen molar-refractivity contribution in [3.05, 3.63) is 29.8 Å². The van der Waals surface area contributed by atoms with E-state index in [-0.39, 0.29) is 17.2 Å². The fourth-order valence-electron chi connectivity index (χ4n) is 2.13. The maximum absolute atomic E-state index is 11.8. The van der Waals surface area contributed by atoms with E-state index < -0.39 is 0 Å². The van der Waals surface area contributed by atoms with Crippen molar-refractivity contribution >= 4 is 17.5 Å². The molecule has 0 spiro atoms. The fraction of sp³-hybridized carbons (Fsp3) is 0.429. The van der Waals surface area contributed by atoms with Gasteiger partial charge in [0, 0.05) is 19.2 Å². The zero-order valence-corrected chi connectivity index (χ0v) is 10.7. The first-order valence-corrected chi connectivity index (χ1v) is 6.25. The minimum Gasteiger partial charge on any atom is -0.358 e. The van der Waals surface area contributed by atoms with Crippen molar-refractivity contribution in [3.63, 3.8) is 0 Å². The van der Waals surface area contributed by atoms with Gasteiger partial charge in [-0.2, -0.15) is 0 Å². The number of benzene rings is 1. The smallest absolute Gasteiger partial charge is 0.230 e. The highest BCUT2D eigenvalue weighted by molar-refractivity contribution is 5.92. The molecule has 0 radical (unpaired) electrons. The van der Waals surface area contributed by atoms with E-state index in [1.165, 1.54) is 0 Å². The van der Waals surface area contributed by atoms with Crippen LogP contribution in [-0.2, 0) is 15.0 Å². The number of likely N-dealkylation sites (N-methyl/N-ethyl adjacent to an activating group) is 1. The predicted octanol–water partition coefficient (Wildman–Crippen LogP) is 1.81. The molecule has 1 aliphatic carbocycles. The zero-order valence-electron chi connectivity index (χ0n) is 10.7. The van der Waals surface area contributed by atoms with Crippen molar-refractivity contribution in [2.45, 2.75) is 31.6 Å². The van der Waals surface area contributed by atoms with Crippen LogP contribution >= 0.6 is 0 Å². The van der Waals surface area contributed by atoms with Crippen LogP contribution in [0.1, 0.15) is 31.7 Å². The Balaban J connectivity index is 2.13. The largest absolute Gasteiger partial charge is 0.358 e. The molecule has 18 heavy (non-hydrogen) atoms. The van der Waals surface area contributed by atoms with Crippen molar-refractivity contribution in [2.75, 3.05) is 12.4 Å². The molecule has 1 fully saturated rings. The third-order valence-corrected chi connectivity index (χ3v) is 3.45. The van der Waals surface area contributed by atoms with Crippen molar-refractivity contribution in [1.29, 1.82) is 0 Å². The van der Waals surface area contributed by atoms with Crippen LogP contribution in [0.4, 0.5) is 5.69 Å². The summed E-state index contributed by atoms with van der Waals surface area (Å²) >= 11 is 0. The summed E-state index contributed by atoms with van der Waals surface area (Å²) in [5.41, 5.74) is 1.47. The quantitative estimate of drug-likeness (QED) is 0.851. The second-order valence-electron chi connectivity index (χ2n) is 4.64. The van der Waals surface area contributed by atoms with Gasteiger partial charge in [0.2, 0.25) is 11.8 Å². The lowest BCUT2D eigenvalue weighted by molar-refractivity contribution is -0.123. The van der Waals surface area contributed by atoms with Crippen LogP contribution in [0, 0.1) is 0 Å². The molecule has 1 aromatic carbocycles. The van der Waals surface area contributed by atoms with E-state index in [0.717, 1.165) is 24.1 Å². The van der Waals surface area contributed by atoms with Gasteiger partial charge < -0.3 is 10.6 Å². The lowest BCUT2D eigenvalue weighted by atomic mass is 9.95. The average Bonchev–Trinajstić information content (AvgIpc) is 3.20. The van der Waals surface area contributed by atoms with Crippen molar-refractivity contribution in [3.8, 4) is 0 Å². The molecular formula is C14H18N2O2. The summed E-state index contributed by atoms with van der Waals surface area (Å²) in [7, 11) is 1.66. The van der Waals surface area contributed by atoms with E-state index in [4.69, 9.17) is 0 Å². The van der Waals surface area contributed by atoms with Crippen molar-refractivity contribution in [2.24, 2.45) is 0 Å². The molecule has 4 nitrogen and oxygen atoms in total. The average molecular weight is 246 g/mol. The molecule has 0 heterocycles. The van der Waals surface area contributed by atoms with E-state index in [0.29, 0.717) is 6.42 Å². The summed E-state index contributed by atoms with van der Waals surface area (Å²) in [4.78, 5) is 23.1. The number of carbonyl (C=O) groups excluding carboxylic acids is 2. The minimum atomic E-state index is -0.331. The highest BCUT2D eigenvalue weighted by atomic mass is 16.2. The zero-order chi connectivity index (χ0) is 13.2. The number of nitrogens with one attached hydrogen (secondary N) is 2. The number of carbonyl (C=O) groups is 2. The molecule has 1 aliphatic rings. The monoisotopic (exact) mass is 246 g/mol. The number of anilines is 1. The first kappa shape index (κ1) is 12.6. The van der Waals surface area contributed by atoms with Crippen molar-refractivity contribution < 1.29 is 9.59 Å². The van der Waals surface area contributed by atoms with Gasteiger partial charge in [0.1, 0.15) is 0 Å². The first-order valence-electron chi connectivity index (χ1n) is 6.25. The van der Waals surface area contributed by atoms with Crippen LogP contribution in [0.5, 0.6) is 0 Å². The Hall–Kier alpha value is -1.84. The molecule has 4 heteroatoms. The number of amides is 2. The molecule has 1 saturated carbocycles.